The normalized spacial score (nSPS) is 32.1. The standard InChI is InChI=1S/C28H32ClNO4.C26H25ClN2O4.C25H27ClF2N2O4.C25H26ClF2NO5/c1-17-2-6-19(7-3-17)21-15-30(16-21)28(33)20-8-4-18(5-9-20)12-25(32)27-14-24(31)23-13-22(29)10-11-26(23)34-27;1-16-2-5-18(6-3-16)28-8-9-29(24(28)32)26-13-25(14-26,15-26)12-21(31)23-11-20(30)19-10-17(27)4-7-22(19)33-23;1-23(27,28)34-16-4-14(5-16)18-9-30(13-29-18)25-10-24(11-25,12-25)8-20(32)22-7-19(31)17-6-15(26)2-3-21(17)33-22;1-23(27,28)34-15-4-13(5-15)21-9-29-22(33-21)25-10-24(11-25,12-25)8-18(31)20-7-17(30)16-6-14(26)2-3-19(16)32-20/h2-3,6-7,10-11,13,18,20-21,24,27,31H,4-5,8-9,12,14-16H2,1H3;2-7,10,23H,8-9,11-15H2,1H3;2-3,6,9,13-14,16,19,22,31H,4-5,7-8,10-12H2,1H3;2-3,6,9,13,15,17,20,30H,4-5,7-8,10-12H2,1H3/t18?,20?,24-,27+;23-,25?,26?;14?,16?,19-,22-,24?,25?;13?,15?,17-,20-,24?,25?/m1111/s1. The second-order valence-corrected chi connectivity index (χ2v) is 43.9. The number of anilines is 1. The predicted molar refractivity (Wildman–Crippen MR) is 491 cm³/mol. The van der Waals surface area contributed by atoms with Crippen LogP contribution in [0.2, 0.25) is 20.1 Å². The van der Waals surface area contributed by atoms with E-state index in [0.717, 1.165) is 134 Å². The van der Waals surface area contributed by atoms with Gasteiger partial charge in [-0.3, -0.25) is 33.7 Å². The molecule has 18 aliphatic rings. The Bertz CT molecular complexity index is 5720. The maximum atomic E-state index is 13.1. The number of imidazole rings is 1. The van der Waals surface area contributed by atoms with Crippen LogP contribution in [0.3, 0.4) is 0 Å². The number of urea groups is 1. The summed E-state index contributed by atoms with van der Waals surface area (Å²) in [5, 5.41) is 33.5. The molecule has 14 fully saturated rings. The summed E-state index contributed by atoms with van der Waals surface area (Å²) in [4.78, 5) is 105. The van der Waals surface area contributed by atoms with Gasteiger partial charge < -0.3 is 62.5 Å². The molecule has 6 aromatic carbocycles. The van der Waals surface area contributed by atoms with Crippen molar-refractivity contribution >= 4 is 92.9 Å². The number of halogens is 8. The van der Waals surface area contributed by atoms with Crippen molar-refractivity contribution in [3.63, 3.8) is 0 Å². The lowest BCUT2D eigenvalue weighted by Crippen LogP contribution is -2.75. The number of hydrogen-bond acceptors (Lipinski definition) is 19. The van der Waals surface area contributed by atoms with Gasteiger partial charge in [-0.05, 0) is 236 Å². The summed E-state index contributed by atoms with van der Waals surface area (Å²) in [5.74, 6) is 4.68. The molecule has 8 aromatic rings. The minimum atomic E-state index is -3.11. The van der Waals surface area contributed by atoms with Crippen molar-refractivity contribution in [1.82, 2.24) is 24.3 Å². The Morgan fingerprint density at radius 2 is 0.963 bits per heavy atom. The summed E-state index contributed by atoms with van der Waals surface area (Å²) in [5.41, 5.74) is 7.62. The molecular formula is C104H110Cl4F4N6O17. The van der Waals surface area contributed by atoms with Gasteiger partial charge in [0.25, 0.3) is 0 Å². The molecule has 23 nitrogen and oxygen atoms in total. The van der Waals surface area contributed by atoms with E-state index in [-0.39, 0.29) is 123 Å². The quantitative estimate of drug-likeness (QED) is 0.0474. The summed E-state index contributed by atoms with van der Waals surface area (Å²) in [7, 11) is 0. The molecule has 0 radical (unpaired) electrons. The number of rotatable bonds is 24. The molecule has 26 rings (SSSR count). The SMILES string of the molecule is CC(F)(F)OC1CC(c2cn(C34CC(CC(=O)[C@H]5C[C@@H](O)c6cc(Cl)ccc6O5)(C3)C4)cn2)C1.CC(F)(F)OC1CC(c2cnc(C34CC(CC(=O)[C@H]5C[C@@H](O)c6cc(Cl)ccc6O5)(C3)C4)o2)C1.Cc1ccc(C2CN(C(=O)C3CCC(CC(=O)[C@@H]4C[C@@H](O)c5cc(Cl)ccc5O4)CC3)C2)cc1.Cc1ccc(N2CCN(C34CC(CC(=O)[C@H]5CC(=O)c6cc(Cl)ccc6O5)(C3)C4)C2=O)cc1. The fourth-order valence-electron chi connectivity index (χ4n) is 24.8. The molecule has 31 heteroatoms. The largest absolute Gasteiger partial charge is 0.482 e. The van der Waals surface area contributed by atoms with Crippen LogP contribution >= 0.6 is 46.4 Å². The number of carbonyl (C=O) groups is 7. The van der Waals surface area contributed by atoms with E-state index >= 15 is 0 Å². The number of aromatic nitrogens is 3. The van der Waals surface area contributed by atoms with Crippen molar-refractivity contribution in [1.29, 1.82) is 0 Å². The van der Waals surface area contributed by atoms with Crippen LogP contribution in [0.25, 0.3) is 0 Å². The summed E-state index contributed by atoms with van der Waals surface area (Å²) >= 11 is 24.0. The summed E-state index contributed by atoms with van der Waals surface area (Å²) in [6.45, 7) is 8.69. The first kappa shape index (κ1) is 93.4. The zero-order valence-electron chi connectivity index (χ0n) is 75.6. The molecule has 2 aromatic heterocycles. The minimum Gasteiger partial charge on any atom is -0.482 e. The van der Waals surface area contributed by atoms with E-state index in [1.54, 1.807) is 79.0 Å². The number of hydrogen-bond donors (Lipinski definition) is 3. The molecule has 8 heterocycles. The number of amides is 3. The van der Waals surface area contributed by atoms with Gasteiger partial charge in [-0.1, -0.05) is 93.9 Å². The molecule has 7 atom stereocenters. The molecule has 6 bridgehead atoms. The van der Waals surface area contributed by atoms with Gasteiger partial charge in [0, 0.05) is 174 Å². The van der Waals surface area contributed by atoms with Gasteiger partial charge in [0.15, 0.2) is 53.3 Å². The molecule has 714 valence electrons. The number of likely N-dealkylation sites (tertiary alicyclic amines) is 1. The first-order valence-electron chi connectivity index (χ1n) is 47.4. The third-order valence-corrected chi connectivity index (χ3v) is 32.6. The lowest BCUT2D eigenvalue weighted by atomic mass is 9.34. The van der Waals surface area contributed by atoms with Crippen LogP contribution in [0.4, 0.5) is 28.0 Å². The van der Waals surface area contributed by atoms with Crippen LogP contribution in [0.5, 0.6) is 23.0 Å². The van der Waals surface area contributed by atoms with Gasteiger partial charge in [0.1, 0.15) is 28.8 Å². The minimum absolute atomic E-state index is 0.00177. The van der Waals surface area contributed by atoms with Crippen molar-refractivity contribution in [3.05, 3.63) is 216 Å². The maximum absolute atomic E-state index is 13.1. The number of Topliss-reactive ketones (excluding diaryl/α,β-unsaturated/α-hetero) is 5. The number of alkyl halides is 4. The first-order chi connectivity index (χ1) is 64.2. The number of carbonyl (C=O) groups excluding carboxylic acids is 7. The Morgan fingerprint density at radius 1 is 0.511 bits per heavy atom. The third kappa shape index (κ3) is 18.7. The van der Waals surface area contributed by atoms with Crippen molar-refractivity contribution in [3.8, 4) is 23.0 Å². The van der Waals surface area contributed by atoms with Gasteiger partial charge in [-0.25, -0.2) is 14.8 Å². The molecule has 12 saturated carbocycles. The second kappa shape index (κ2) is 35.5. The Morgan fingerprint density at radius 3 is 1.47 bits per heavy atom. The van der Waals surface area contributed by atoms with E-state index < -0.39 is 67.2 Å². The highest BCUT2D eigenvalue weighted by Gasteiger charge is 2.74. The number of fused-ring (bicyclic) bond motifs is 4. The fourth-order valence-corrected chi connectivity index (χ4v) is 25.6. The Balaban J connectivity index is 0.000000112. The van der Waals surface area contributed by atoms with Gasteiger partial charge >= 0.3 is 18.2 Å². The number of aryl methyl sites for hydroxylation is 2. The number of aliphatic hydroxyl groups excluding tert-OH is 3. The van der Waals surface area contributed by atoms with E-state index in [1.165, 1.54) is 16.7 Å². The summed E-state index contributed by atoms with van der Waals surface area (Å²) < 4.78 is 93.1. The highest BCUT2D eigenvalue weighted by atomic mass is 35.5. The van der Waals surface area contributed by atoms with E-state index in [0.29, 0.717) is 135 Å². The van der Waals surface area contributed by atoms with Crippen molar-refractivity contribution < 1.29 is 99.3 Å². The molecule has 0 unspecified atom stereocenters. The molecule has 3 amide bonds. The molecule has 2 saturated heterocycles. The van der Waals surface area contributed by atoms with Crippen molar-refractivity contribution in [2.75, 3.05) is 31.1 Å². The number of ether oxygens (including phenoxy) is 6. The monoisotopic (exact) mass is 1930 g/mol. The van der Waals surface area contributed by atoms with E-state index in [1.807, 2.05) is 58.4 Å². The Labute approximate surface area is 799 Å². The Hall–Kier alpha value is -9.29. The number of aliphatic hydroxyl groups is 3. The highest BCUT2D eigenvalue weighted by Crippen LogP contribution is 2.76. The average Bonchev–Trinajstić information content (AvgIpc) is 0.995. The smallest absolute Gasteiger partial charge is 0.353 e. The van der Waals surface area contributed by atoms with Crippen LogP contribution in [-0.2, 0) is 44.4 Å². The van der Waals surface area contributed by atoms with Crippen LogP contribution in [0.15, 0.2) is 144 Å². The number of benzene rings is 6. The predicted octanol–water partition coefficient (Wildman–Crippen LogP) is 20.6. The zero-order chi connectivity index (χ0) is 94.5. The Kier molecular flexibility index (Phi) is 24.6. The van der Waals surface area contributed by atoms with Crippen LogP contribution in [0.1, 0.15) is 272 Å². The second-order valence-electron chi connectivity index (χ2n) is 42.1. The van der Waals surface area contributed by atoms with Gasteiger partial charge in [-0.15, -0.1) is 0 Å². The number of oxazole rings is 1. The first-order valence-corrected chi connectivity index (χ1v) is 48.9. The van der Waals surface area contributed by atoms with E-state index in [2.05, 4.69) is 45.7 Å². The van der Waals surface area contributed by atoms with E-state index in [4.69, 9.17) is 79.2 Å². The molecule has 12 aliphatic carbocycles. The summed E-state index contributed by atoms with van der Waals surface area (Å²) in [6, 6.07) is 36.9. The molecule has 3 N–H and O–H groups in total. The van der Waals surface area contributed by atoms with Crippen molar-refractivity contribution in [2.24, 2.45) is 28.1 Å². The van der Waals surface area contributed by atoms with Gasteiger partial charge in [0.2, 0.25) is 11.8 Å². The topological polar surface area (TPSA) is 289 Å². The number of nitrogens with zero attached hydrogens (tertiary/aromatic N) is 6. The molecule has 135 heavy (non-hydrogen) atoms. The highest BCUT2D eigenvalue weighted by molar-refractivity contribution is 6.32. The van der Waals surface area contributed by atoms with Crippen LogP contribution in [0, 0.1) is 41.9 Å². The fraction of sp³-hybridized carbons (Fsp3) is 0.529. The van der Waals surface area contributed by atoms with E-state index in [9.17, 15) is 66.4 Å². The molecular weight excluding hydrogens is 1820 g/mol. The van der Waals surface area contributed by atoms with Crippen molar-refractivity contribution in [2.45, 2.75) is 290 Å². The lowest BCUT2D eigenvalue weighted by Gasteiger charge is -2.73. The van der Waals surface area contributed by atoms with Crippen LogP contribution in [-0.4, -0.2) is 161 Å². The number of ketones is 5. The zero-order valence-corrected chi connectivity index (χ0v) is 78.7. The third-order valence-electron chi connectivity index (χ3n) is 31.7. The van der Waals surface area contributed by atoms with Gasteiger partial charge in [-0.2, -0.15) is 17.6 Å². The lowest BCUT2D eigenvalue weighted by molar-refractivity contribution is -0.265. The maximum Gasteiger partial charge on any atom is 0.353 e. The average molecular weight is 1930 g/mol. The van der Waals surface area contributed by atoms with Crippen LogP contribution < -0.4 is 23.8 Å². The molecule has 6 aliphatic heterocycles. The summed E-state index contributed by atoms with van der Waals surface area (Å²) in [6.07, 6.45) is 9.51. The van der Waals surface area contributed by atoms with Gasteiger partial charge in [0.05, 0.1) is 60.7 Å². The molecule has 0 spiro atoms.